The van der Waals surface area contributed by atoms with Gasteiger partial charge in [-0.2, -0.15) is 0 Å². The van der Waals surface area contributed by atoms with Crippen molar-refractivity contribution >= 4 is 8.32 Å². The number of rotatable bonds is 12. The van der Waals surface area contributed by atoms with Crippen LogP contribution in [0.3, 0.4) is 0 Å². The molecule has 0 aliphatic carbocycles. The SMILES string of the molecule is COCOCCC[C@H]1O[C@H]2CC[C@@]3(C)O[C@@H]4C(O)C[C@@H](CO[Si](C)(C)C(C)(C)C)O[C@@H]4C[C@@H]3O[C@@H]2CC[C@]1(C)OCOC. The van der Waals surface area contributed by atoms with E-state index in [0.29, 0.717) is 26.1 Å². The Balaban J connectivity index is 1.43. The Hall–Kier alpha value is -0.183. The topological polar surface area (TPSA) is 103 Å². The Morgan fingerprint density at radius 1 is 0.907 bits per heavy atom. The molecule has 0 saturated carbocycles. The normalized spacial score (nSPS) is 40.6. The third-order valence-electron chi connectivity index (χ3n) is 10.7. The molecule has 0 amide bonds. The van der Waals surface area contributed by atoms with Gasteiger partial charge in [-0.3, -0.25) is 0 Å². The first-order chi connectivity index (χ1) is 20.2. The van der Waals surface area contributed by atoms with Gasteiger partial charge in [0.1, 0.15) is 19.7 Å². The fourth-order valence-corrected chi connectivity index (χ4v) is 7.82. The van der Waals surface area contributed by atoms with E-state index in [1.54, 1.807) is 14.2 Å². The highest BCUT2D eigenvalue weighted by molar-refractivity contribution is 6.74. The molecule has 0 aromatic rings. The molecule has 0 aromatic heterocycles. The molecular weight excluding hydrogens is 572 g/mol. The molecule has 0 aromatic carbocycles. The minimum atomic E-state index is -1.93. The van der Waals surface area contributed by atoms with Crippen LogP contribution in [0.1, 0.15) is 86.0 Å². The third kappa shape index (κ3) is 8.60. The first-order valence-electron chi connectivity index (χ1n) is 16.4. The molecule has 0 spiro atoms. The van der Waals surface area contributed by atoms with Crippen molar-refractivity contribution in [3.05, 3.63) is 0 Å². The summed E-state index contributed by atoms with van der Waals surface area (Å²) < 4.78 is 55.7. The zero-order valence-electron chi connectivity index (χ0n) is 28.2. The first kappa shape index (κ1) is 35.7. The van der Waals surface area contributed by atoms with Gasteiger partial charge in [-0.05, 0) is 70.5 Å². The molecule has 0 radical (unpaired) electrons. The van der Waals surface area contributed by atoms with E-state index in [2.05, 4.69) is 47.7 Å². The molecule has 4 aliphatic heterocycles. The summed E-state index contributed by atoms with van der Waals surface area (Å²) in [5, 5.41) is 11.3. The number of ether oxygens (including phenoxy) is 8. The predicted molar refractivity (Wildman–Crippen MR) is 165 cm³/mol. The second-order valence-electron chi connectivity index (χ2n) is 15.0. The van der Waals surface area contributed by atoms with Gasteiger partial charge in [0.2, 0.25) is 0 Å². The maximum Gasteiger partial charge on any atom is 0.192 e. The first-order valence-corrected chi connectivity index (χ1v) is 19.3. The molecule has 4 heterocycles. The highest BCUT2D eigenvalue weighted by Gasteiger charge is 2.55. The molecule has 10 nitrogen and oxygen atoms in total. The largest absolute Gasteiger partial charge is 0.414 e. The van der Waals surface area contributed by atoms with Gasteiger partial charge < -0.3 is 47.4 Å². The lowest BCUT2D eigenvalue weighted by Gasteiger charge is -2.52. The van der Waals surface area contributed by atoms with Crippen molar-refractivity contribution in [3.63, 3.8) is 0 Å². The number of hydrogen-bond acceptors (Lipinski definition) is 10. The van der Waals surface area contributed by atoms with E-state index in [0.717, 1.165) is 38.5 Å². The van der Waals surface area contributed by atoms with Crippen LogP contribution in [0.2, 0.25) is 18.1 Å². The van der Waals surface area contributed by atoms with Crippen molar-refractivity contribution < 1.29 is 47.4 Å². The summed E-state index contributed by atoms with van der Waals surface area (Å²) in [5.74, 6) is 0. The fraction of sp³-hybridized carbons (Fsp3) is 1.00. The van der Waals surface area contributed by atoms with E-state index in [1.165, 1.54) is 0 Å². The summed E-state index contributed by atoms with van der Waals surface area (Å²) in [4.78, 5) is 0. The standard InChI is InChI=1S/C32H60O10Si/c1-30(2,3)43(8,9)38-19-22-17-23(33)29-26(39-22)18-28-32(5,42-29)15-13-24-25(41-28)12-14-31(4,37-21-35-7)27(40-24)11-10-16-36-20-34-6/h22-29,33H,10-21H2,1-9H3/t22-,23?,24-,25+,26+,27+,28-,29+,31-,32+/m0/s1. The zero-order valence-corrected chi connectivity index (χ0v) is 29.2. The lowest BCUT2D eigenvalue weighted by molar-refractivity contribution is -0.293. The Bertz CT molecular complexity index is 870. The molecule has 4 fully saturated rings. The lowest BCUT2D eigenvalue weighted by atomic mass is 9.82. The van der Waals surface area contributed by atoms with Crippen molar-refractivity contribution in [3.8, 4) is 0 Å². The Kier molecular flexibility index (Phi) is 12.2. The van der Waals surface area contributed by atoms with Crippen LogP contribution in [0.4, 0.5) is 0 Å². The molecule has 252 valence electrons. The maximum absolute atomic E-state index is 11.2. The van der Waals surface area contributed by atoms with Gasteiger partial charge in [-0.1, -0.05) is 20.8 Å². The van der Waals surface area contributed by atoms with Crippen LogP contribution in [-0.2, 0) is 42.3 Å². The van der Waals surface area contributed by atoms with Crippen LogP contribution in [0.25, 0.3) is 0 Å². The molecule has 43 heavy (non-hydrogen) atoms. The minimum Gasteiger partial charge on any atom is -0.414 e. The summed E-state index contributed by atoms with van der Waals surface area (Å²) in [7, 11) is 1.35. The quantitative estimate of drug-likeness (QED) is 0.181. The minimum absolute atomic E-state index is 0.0810. The molecule has 4 aliphatic rings. The highest BCUT2D eigenvalue weighted by atomic mass is 28.4. The number of fused-ring (bicyclic) bond motifs is 3. The maximum atomic E-state index is 11.2. The van der Waals surface area contributed by atoms with Crippen LogP contribution in [0.5, 0.6) is 0 Å². The van der Waals surface area contributed by atoms with Crippen molar-refractivity contribution in [2.24, 2.45) is 0 Å². The van der Waals surface area contributed by atoms with E-state index in [1.807, 2.05) is 0 Å². The smallest absolute Gasteiger partial charge is 0.192 e. The van der Waals surface area contributed by atoms with Gasteiger partial charge in [0, 0.05) is 33.7 Å². The molecule has 11 heteroatoms. The summed E-state index contributed by atoms with van der Waals surface area (Å²) in [5.41, 5.74) is -1.02. The molecule has 4 saturated heterocycles. The Labute approximate surface area is 260 Å². The van der Waals surface area contributed by atoms with Crippen LogP contribution in [0, 0.1) is 0 Å². The summed E-state index contributed by atoms with van der Waals surface area (Å²) >= 11 is 0. The van der Waals surface area contributed by atoms with Gasteiger partial charge in [-0.25, -0.2) is 0 Å². The van der Waals surface area contributed by atoms with Gasteiger partial charge in [0.15, 0.2) is 8.32 Å². The molecular formula is C32H60O10Si. The molecule has 1 N–H and O–H groups in total. The summed E-state index contributed by atoms with van der Waals surface area (Å²) in [6, 6.07) is 0. The van der Waals surface area contributed by atoms with E-state index >= 15 is 0 Å². The van der Waals surface area contributed by atoms with Gasteiger partial charge in [0.05, 0.1) is 60.5 Å². The zero-order chi connectivity index (χ0) is 31.5. The van der Waals surface area contributed by atoms with Crippen molar-refractivity contribution in [1.29, 1.82) is 0 Å². The predicted octanol–water partition coefficient (Wildman–Crippen LogP) is 4.95. The number of aliphatic hydroxyl groups excluding tert-OH is 1. The van der Waals surface area contributed by atoms with E-state index in [-0.39, 0.29) is 61.4 Å². The van der Waals surface area contributed by atoms with Crippen LogP contribution in [0.15, 0.2) is 0 Å². The van der Waals surface area contributed by atoms with Crippen LogP contribution < -0.4 is 0 Å². The number of aliphatic hydroxyl groups is 1. The summed E-state index contributed by atoms with van der Waals surface area (Å²) in [6.45, 7) is 17.1. The average Bonchev–Trinajstić information content (AvgIpc) is 3.15. The van der Waals surface area contributed by atoms with Crippen LogP contribution in [-0.4, -0.2) is 114 Å². The van der Waals surface area contributed by atoms with Gasteiger partial charge >= 0.3 is 0 Å². The van der Waals surface area contributed by atoms with E-state index in [9.17, 15) is 5.11 Å². The molecule has 4 rings (SSSR count). The monoisotopic (exact) mass is 632 g/mol. The average molecular weight is 633 g/mol. The Morgan fingerprint density at radius 2 is 1.60 bits per heavy atom. The molecule has 0 bridgehead atoms. The molecule has 10 atom stereocenters. The Morgan fingerprint density at radius 3 is 2.30 bits per heavy atom. The van der Waals surface area contributed by atoms with Crippen molar-refractivity contribution in [2.45, 2.75) is 164 Å². The number of hydrogen-bond donors (Lipinski definition) is 1. The fourth-order valence-electron chi connectivity index (χ4n) is 6.78. The number of methoxy groups -OCH3 is 2. The molecule has 1 unspecified atom stereocenters. The van der Waals surface area contributed by atoms with Crippen LogP contribution >= 0.6 is 0 Å². The highest BCUT2D eigenvalue weighted by Crippen LogP contribution is 2.46. The summed E-state index contributed by atoms with van der Waals surface area (Å²) in [6.07, 6.45) is 4.19. The van der Waals surface area contributed by atoms with Gasteiger partial charge in [0.25, 0.3) is 0 Å². The van der Waals surface area contributed by atoms with Crippen molar-refractivity contribution in [1.82, 2.24) is 0 Å². The lowest BCUT2D eigenvalue weighted by Crippen LogP contribution is -2.62. The van der Waals surface area contributed by atoms with Gasteiger partial charge in [-0.15, -0.1) is 0 Å². The third-order valence-corrected chi connectivity index (χ3v) is 15.2. The second kappa shape index (κ2) is 14.7. The second-order valence-corrected chi connectivity index (χ2v) is 19.8. The van der Waals surface area contributed by atoms with Crippen molar-refractivity contribution in [2.75, 3.05) is 41.0 Å². The van der Waals surface area contributed by atoms with E-state index in [4.69, 9.17) is 42.3 Å². The van der Waals surface area contributed by atoms with E-state index < -0.39 is 25.6 Å².